The molecule has 6 heteroatoms. The van der Waals surface area contributed by atoms with Crippen molar-refractivity contribution in [1.82, 2.24) is 10.2 Å². The first kappa shape index (κ1) is 10.6. The number of amides is 1. The van der Waals surface area contributed by atoms with Crippen LogP contribution < -0.4 is 11.1 Å². The predicted molar refractivity (Wildman–Crippen MR) is 62.2 cm³/mol. The number of hydrogen-bond donors (Lipinski definition) is 2. The highest BCUT2D eigenvalue weighted by Crippen LogP contribution is 2.11. The van der Waals surface area contributed by atoms with Crippen molar-refractivity contribution >= 4 is 22.4 Å². The van der Waals surface area contributed by atoms with E-state index in [1.54, 1.807) is 23.7 Å². The Kier molecular flexibility index (Phi) is 3.11. The first-order valence-electron chi connectivity index (χ1n) is 4.64. The Labute approximate surface area is 96.3 Å². The number of primary amides is 1. The highest BCUT2D eigenvalue weighted by atomic mass is 32.1. The van der Waals surface area contributed by atoms with E-state index in [9.17, 15) is 4.79 Å². The molecule has 1 amide bonds. The second kappa shape index (κ2) is 4.71. The zero-order chi connectivity index (χ0) is 11.4. The molecule has 0 atom stereocenters. The van der Waals surface area contributed by atoms with E-state index in [0.29, 0.717) is 12.1 Å². The minimum atomic E-state index is -0.419. The number of carbonyl (C=O) groups excluding carboxylic acids is 1. The van der Waals surface area contributed by atoms with Crippen molar-refractivity contribution in [1.29, 1.82) is 0 Å². The van der Waals surface area contributed by atoms with Crippen LogP contribution in [0.4, 0.5) is 5.13 Å². The average Bonchev–Trinajstić information content (AvgIpc) is 2.79. The van der Waals surface area contributed by atoms with Crippen LogP contribution in [-0.4, -0.2) is 16.1 Å². The highest BCUT2D eigenvalue weighted by Gasteiger charge is 2.01. The molecule has 3 N–H and O–H groups in total. The monoisotopic (exact) mass is 234 g/mol. The molecule has 5 nitrogen and oxygen atoms in total. The Hall–Kier alpha value is -1.95. The van der Waals surface area contributed by atoms with Crippen molar-refractivity contribution in [3.8, 4) is 0 Å². The van der Waals surface area contributed by atoms with Gasteiger partial charge in [0.2, 0.25) is 11.0 Å². The van der Waals surface area contributed by atoms with Crippen LogP contribution >= 0.6 is 11.3 Å². The predicted octanol–water partition coefficient (Wildman–Crippen LogP) is 1.25. The summed E-state index contributed by atoms with van der Waals surface area (Å²) >= 11 is 1.43. The van der Waals surface area contributed by atoms with Gasteiger partial charge in [0.1, 0.15) is 5.51 Å². The number of anilines is 1. The molecule has 0 saturated carbocycles. The van der Waals surface area contributed by atoms with E-state index in [4.69, 9.17) is 5.73 Å². The molecular weight excluding hydrogens is 224 g/mol. The molecule has 0 radical (unpaired) electrons. The average molecular weight is 234 g/mol. The number of carbonyl (C=O) groups is 1. The molecule has 0 aliphatic rings. The Morgan fingerprint density at radius 2 is 2.38 bits per heavy atom. The van der Waals surface area contributed by atoms with Crippen molar-refractivity contribution < 1.29 is 4.79 Å². The molecule has 2 rings (SSSR count). The van der Waals surface area contributed by atoms with Gasteiger partial charge in [0, 0.05) is 12.1 Å². The molecule has 0 saturated heterocycles. The van der Waals surface area contributed by atoms with Gasteiger partial charge in [-0.3, -0.25) is 4.79 Å². The molecule has 82 valence electrons. The zero-order valence-corrected chi connectivity index (χ0v) is 9.20. The van der Waals surface area contributed by atoms with E-state index < -0.39 is 5.91 Å². The lowest BCUT2D eigenvalue weighted by atomic mass is 10.1. The normalized spacial score (nSPS) is 10.0. The second-order valence-corrected chi connectivity index (χ2v) is 4.00. The molecule has 0 unspecified atom stereocenters. The zero-order valence-electron chi connectivity index (χ0n) is 8.38. The van der Waals surface area contributed by atoms with E-state index in [2.05, 4.69) is 15.5 Å². The van der Waals surface area contributed by atoms with Crippen LogP contribution in [0, 0.1) is 0 Å². The molecule has 0 aliphatic carbocycles. The van der Waals surface area contributed by atoms with Crippen molar-refractivity contribution in [3.05, 3.63) is 40.9 Å². The minimum absolute atomic E-state index is 0.419. The van der Waals surface area contributed by atoms with Gasteiger partial charge in [-0.2, -0.15) is 0 Å². The SMILES string of the molecule is NC(=O)c1cccc(CNc2nncs2)c1. The molecule has 2 aromatic rings. The Morgan fingerprint density at radius 3 is 3.06 bits per heavy atom. The van der Waals surface area contributed by atoms with Crippen molar-refractivity contribution in [3.63, 3.8) is 0 Å². The van der Waals surface area contributed by atoms with Crippen molar-refractivity contribution in [2.24, 2.45) is 5.73 Å². The van der Waals surface area contributed by atoms with E-state index in [1.165, 1.54) is 11.3 Å². The summed E-state index contributed by atoms with van der Waals surface area (Å²) < 4.78 is 0. The first-order valence-corrected chi connectivity index (χ1v) is 5.52. The fraction of sp³-hybridized carbons (Fsp3) is 0.100. The number of hydrogen-bond acceptors (Lipinski definition) is 5. The van der Waals surface area contributed by atoms with Gasteiger partial charge in [-0.25, -0.2) is 0 Å². The third-order valence-corrected chi connectivity index (χ3v) is 2.66. The Morgan fingerprint density at radius 1 is 1.50 bits per heavy atom. The fourth-order valence-electron chi connectivity index (χ4n) is 1.26. The van der Waals surface area contributed by atoms with Crippen LogP contribution in [0.1, 0.15) is 15.9 Å². The molecule has 0 fully saturated rings. The first-order chi connectivity index (χ1) is 7.75. The van der Waals surface area contributed by atoms with Gasteiger partial charge in [0.15, 0.2) is 0 Å². The highest BCUT2D eigenvalue weighted by molar-refractivity contribution is 7.13. The van der Waals surface area contributed by atoms with Crippen LogP contribution in [-0.2, 0) is 6.54 Å². The summed E-state index contributed by atoms with van der Waals surface area (Å²) in [6.45, 7) is 0.594. The van der Waals surface area contributed by atoms with Gasteiger partial charge in [-0.05, 0) is 17.7 Å². The lowest BCUT2D eigenvalue weighted by Crippen LogP contribution is -2.11. The summed E-state index contributed by atoms with van der Waals surface area (Å²) in [7, 11) is 0. The van der Waals surface area contributed by atoms with Gasteiger partial charge in [-0.15, -0.1) is 10.2 Å². The van der Waals surface area contributed by atoms with Gasteiger partial charge >= 0.3 is 0 Å². The number of nitrogens with two attached hydrogens (primary N) is 1. The summed E-state index contributed by atoms with van der Waals surface area (Å²) in [5.74, 6) is -0.419. The molecule has 0 aliphatic heterocycles. The van der Waals surface area contributed by atoms with Crippen molar-refractivity contribution in [2.75, 3.05) is 5.32 Å². The summed E-state index contributed by atoms with van der Waals surface area (Å²) in [5, 5.41) is 11.4. The van der Waals surface area contributed by atoms with Crippen LogP contribution in [0.2, 0.25) is 0 Å². The summed E-state index contributed by atoms with van der Waals surface area (Å²) in [6, 6.07) is 7.17. The van der Waals surface area contributed by atoms with Crippen molar-refractivity contribution in [2.45, 2.75) is 6.54 Å². The van der Waals surface area contributed by atoms with Crippen LogP contribution in [0.5, 0.6) is 0 Å². The van der Waals surface area contributed by atoms with Gasteiger partial charge in [-0.1, -0.05) is 23.5 Å². The smallest absolute Gasteiger partial charge is 0.248 e. The third-order valence-electron chi connectivity index (χ3n) is 2.02. The Balaban J connectivity index is 2.04. The standard InChI is InChI=1S/C10H10N4OS/c11-9(15)8-3-1-2-7(4-8)5-12-10-14-13-6-16-10/h1-4,6H,5H2,(H2,11,15)(H,12,14). The van der Waals surface area contributed by atoms with Gasteiger partial charge in [0.25, 0.3) is 0 Å². The van der Waals surface area contributed by atoms with E-state index in [0.717, 1.165) is 10.7 Å². The van der Waals surface area contributed by atoms with E-state index in [-0.39, 0.29) is 0 Å². The largest absolute Gasteiger partial charge is 0.366 e. The number of nitrogens with zero attached hydrogens (tertiary/aromatic N) is 2. The topological polar surface area (TPSA) is 80.9 Å². The molecule has 0 spiro atoms. The number of nitrogens with one attached hydrogen (secondary N) is 1. The molecule has 1 aromatic heterocycles. The lowest BCUT2D eigenvalue weighted by molar-refractivity contribution is 0.1000. The minimum Gasteiger partial charge on any atom is -0.366 e. The number of aromatic nitrogens is 2. The quantitative estimate of drug-likeness (QED) is 0.834. The van der Waals surface area contributed by atoms with Gasteiger partial charge < -0.3 is 11.1 Å². The molecule has 0 bridgehead atoms. The maximum atomic E-state index is 11.0. The van der Waals surface area contributed by atoms with Crippen LogP contribution in [0.25, 0.3) is 0 Å². The Bertz CT molecular complexity index is 483. The maximum absolute atomic E-state index is 11.0. The lowest BCUT2D eigenvalue weighted by Gasteiger charge is -2.03. The van der Waals surface area contributed by atoms with E-state index in [1.807, 2.05) is 6.07 Å². The summed E-state index contributed by atoms with van der Waals surface area (Å²) in [6.07, 6.45) is 0. The molecular formula is C10H10N4OS. The van der Waals surface area contributed by atoms with Gasteiger partial charge in [0.05, 0.1) is 0 Å². The van der Waals surface area contributed by atoms with E-state index >= 15 is 0 Å². The van der Waals surface area contributed by atoms with Crippen LogP contribution in [0.15, 0.2) is 29.8 Å². The molecule has 16 heavy (non-hydrogen) atoms. The molecule has 1 aromatic carbocycles. The third kappa shape index (κ3) is 2.54. The summed E-state index contributed by atoms with van der Waals surface area (Å²) in [5.41, 5.74) is 8.34. The number of benzene rings is 1. The fourth-order valence-corrected chi connectivity index (χ4v) is 1.71. The van der Waals surface area contributed by atoms with Crippen LogP contribution in [0.3, 0.4) is 0 Å². The molecule has 1 heterocycles. The number of rotatable bonds is 4. The second-order valence-electron chi connectivity index (χ2n) is 3.16. The summed E-state index contributed by atoms with van der Waals surface area (Å²) in [4.78, 5) is 11.0. The maximum Gasteiger partial charge on any atom is 0.248 e.